The summed E-state index contributed by atoms with van der Waals surface area (Å²) in [4.78, 5) is 21.5. The molecule has 0 bridgehead atoms. The van der Waals surface area contributed by atoms with Gasteiger partial charge in [0.05, 0.1) is 6.04 Å². The van der Waals surface area contributed by atoms with Crippen LogP contribution < -0.4 is 5.73 Å². The number of rotatable bonds is 3. The van der Waals surface area contributed by atoms with Gasteiger partial charge < -0.3 is 10.6 Å². The molecule has 7 heteroatoms. The summed E-state index contributed by atoms with van der Waals surface area (Å²) in [6.07, 6.45) is 2.81. The summed E-state index contributed by atoms with van der Waals surface area (Å²) in [6.45, 7) is 5.37. The average Bonchev–Trinajstić information content (AvgIpc) is 3.13. The van der Waals surface area contributed by atoms with Gasteiger partial charge in [0.15, 0.2) is 0 Å². The quantitative estimate of drug-likeness (QED) is 0.872. The Kier molecular flexibility index (Phi) is 4.63. The number of benzene rings is 1. The lowest BCUT2D eigenvalue weighted by atomic mass is 9.95. The third kappa shape index (κ3) is 3.31. The Morgan fingerprint density at radius 1 is 1.23 bits per heavy atom. The van der Waals surface area contributed by atoms with E-state index in [2.05, 4.69) is 44.3 Å². The number of nitrogens with one attached hydrogen (secondary N) is 1. The van der Waals surface area contributed by atoms with Crippen LogP contribution in [0.4, 0.5) is 5.95 Å². The van der Waals surface area contributed by atoms with Gasteiger partial charge in [0.1, 0.15) is 5.82 Å². The Balaban J connectivity index is 1.35. The van der Waals surface area contributed by atoms with Crippen molar-refractivity contribution < 1.29 is 4.79 Å². The van der Waals surface area contributed by atoms with Crippen LogP contribution >= 0.6 is 0 Å². The molecule has 26 heavy (non-hydrogen) atoms. The minimum Gasteiger partial charge on any atom is -0.367 e. The maximum Gasteiger partial charge on any atom is 0.239 e. The number of aromatic amines is 1. The number of hydrogen-bond acceptors (Lipinski definition) is 5. The van der Waals surface area contributed by atoms with E-state index < -0.39 is 0 Å². The summed E-state index contributed by atoms with van der Waals surface area (Å²) < 4.78 is 0. The van der Waals surface area contributed by atoms with E-state index in [9.17, 15) is 4.79 Å². The minimum absolute atomic E-state index is 0.0826. The number of piperidine rings is 1. The molecule has 2 aromatic rings. The normalized spacial score (nSPS) is 20.0. The van der Waals surface area contributed by atoms with Crippen molar-refractivity contribution in [2.75, 3.05) is 25.4 Å². The number of carbonyl (C=O) groups is 1. The Hall–Kier alpha value is -2.41. The molecule has 1 saturated heterocycles. The summed E-state index contributed by atoms with van der Waals surface area (Å²) in [6, 6.07) is 8.46. The zero-order chi connectivity index (χ0) is 18.1. The lowest BCUT2D eigenvalue weighted by molar-refractivity contribution is -0.137. The van der Waals surface area contributed by atoms with Crippen LogP contribution in [-0.4, -0.2) is 56.6 Å². The molecule has 0 saturated carbocycles. The molecule has 1 aromatic carbocycles. The van der Waals surface area contributed by atoms with Crippen LogP contribution in [0.15, 0.2) is 24.3 Å². The number of aromatic nitrogens is 3. The van der Waals surface area contributed by atoms with Gasteiger partial charge in [-0.05, 0) is 37.3 Å². The van der Waals surface area contributed by atoms with E-state index in [1.165, 1.54) is 11.1 Å². The number of nitrogen functional groups attached to an aromatic ring is 1. The number of anilines is 1. The lowest BCUT2D eigenvalue weighted by Crippen LogP contribution is -2.50. The van der Waals surface area contributed by atoms with Gasteiger partial charge >= 0.3 is 0 Å². The van der Waals surface area contributed by atoms with Crippen molar-refractivity contribution in [2.45, 2.75) is 44.7 Å². The van der Waals surface area contributed by atoms with E-state index in [1.807, 2.05) is 11.8 Å². The first-order valence-electron chi connectivity index (χ1n) is 9.39. The predicted octanol–water partition coefficient (Wildman–Crippen LogP) is 1.54. The first kappa shape index (κ1) is 17.0. The van der Waals surface area contributed by atoms with Gasteiger partial charge in [0.2, 0.25) is 11.9 Å². The van der Waals surface area contributed by atoms with Crippen molar-refractivity contribution in [1.29, 1.82) is 0 Å². The molecule has 1 fully saturated rings. The highest BCUT2D eigenvalue weighted by Gasteiger charge is 2.31. The van der Waals surface area contributed by atoms with Crippen LogP contribution in [0.1, 0.15) is 42.6 Å². The molecule has 4 rings (SSSR count). The number of amides is 1. The Bertz CT molecular complexity index is 780. The molecule has 0 spiro atoms. The highest BCUT2D eigenvalue weighted by Crippen LogP contribution is 2.27. The summed E-state index contributed by atoms with van der Waals surface area (Å²) in [5, 5.41) is 6.81. The third-order valence-electron chi connectivity index (χ3n) is 5.78. The second-order valence-electron chi connectivity index (χ2n) is 7.34. The topological polar surface area (TPSA) is 91.1 Å². The maximum atomic E-state index is 13.0. The van der Waals surface area contributed by atoms with Gasteiger partial charge in [-0.3, -0.25) is 14.8 Å². The number of H-pyrrole nitrogens is 1. The van der Waals surface area contributed by atoms with Gasteiger partial charge in [-0.15, -0.1) is 5.10 Å². The van der Waals surface area contributed by atoms with E-state index >= 15 is 0 Å². The summed E-state index contributed by atoms with van der Waals surface area (Å²) in [7, 11) is 0. The van der Waals surface area contributed by atoms with Crippen LogP contribution in [0.2, 0.25) is 0 Å². The van der Waals surface area contributed by atoms with Crippen molar-refractivity contribution in [1.82, 2.24) is 25.0 Å². The molecule has 3 N–H and O–H groups in total. The molecular weight excluding hydrogens is 328 g/mol. The molecule has 7 nitrogen and oxygen atoms in total. The van der Waals surface area contributed by atoms with Crippen LogP contribution in [0.3, 0.4) is 0 Å². The number of nitrogens with zero attached hydrogens (tertiary/aromatic N) is 4. The molecule has 138 valence electrons. The number of nitrogens with two attached hydrogens (primary N) is 1. The number of hydrogen-bond donors (Lipinski definition) is 2. The minimum atomic E-state index is -0.0826. The largest absolute Gasteiger partial charge is 0.367 e. The molecular formula is C19H26N6O. The summed E-state index contributed by atoms with van der Waals surface area (Å²) in [5.74, 6) is 1.67. The Morgan fingerprint density at radius 3 is 2.65 bits per heavy atom. The van der Waals surface area contributed by atoms with Crippen molar-refractivity contribution in [3.8, 4) is 0 Å². The van der Waals surface area contributed by atoms with Crippen LogP contribution in [0, 0.1) is 0 Å². The van der Waals surface area contributed by atoms with E-state index in [4.69, 9.17) is 5.73 Å². The van der Waals surface area contributed by atoms with Crippen LogP contribution in [0.5, 0.6) is 0 Å². The molecule has 2 aliphatic heterocycles. The van der Waals surface area contributed by atoms with Gasteiger partial charge in [0, 0.05) is 32.1 Å². The second-order valence-corrected chi connectivity index (χ2v) is 7.34. The Morgan fingerprint density at radius 2 is 1.96 bits per heavy atom. The fourth-order valence-electron chi connectivity index (χ4n) is 4.11. The first-order chi connectivity index (χ1) is 12.6. The van der Waals surface area contributed by atoms with Crippen LogP contribution in [-0.2, 0) is 17.8 Å². The van der Waals surface area contributed by atoms with Crippen molar-refractivity contribution in [3.05, 3.63) is 41.2 Å². The molecule has 2 aliphatic rings. The maximum absolute atomic E-state index is 13.0. The highest BCUT2D eigenvalue weighted by molar-refractivity contribution is 5.81. The number of fused-ring (bicyclic) bond motifs is 1. The smallest absolute Gasteiger partial charge is 0.239 e. The van der Waals surface area contributed by atoms with E-state index in [0.717, 1.165) is 51.3 Å². The molecule has 0 aliphatic carbocycles. The fraction of sp³-hybridized carbons (Fsp3) is 0.526. The predicted molar refractivity (Wildman–Crippen MR) is 99.4 cm³/mol. The molecule has 3 heterocycles. The van der Waals surface area contributed by atoms with Gasteiger partial charge in [0.25, 0.3) is 0 Å². The monoisotopic (exact) mass is 354 g/mol. The van der Waals surface area contributed by atoms with Gasteiger partial charge in [-0.25, -0.2) is 0 Å². The lowest BCUT2D eigenvalue weighted by Gasteiger charge is -2.38. The number of carbonyl (C=O) groups excluding carboxylic acids is 1. The zero-order valence-corrected chi connectivity index (χ0v) is 15.2. The fourth-order valence-corrected chi connectivity index (χ4v) is 4.11. The average molecular weight is 354 g/mol. The SMILES string of the molecule is C[C@@H](C(=O)N1CCC(c2nc(N)n[nH]2)CC1)N1CCc2ccccc2C1. The molecule has 0 unspecified atom stereocenters. The second kappa shape index (κ2) is 7.07. The van der Waals surface area contributed by atoms with Gasteiger partial charge in [-0.1, -0.05) is 24.3 Å². The zero-order valence-electron chi connectivity index (χ0n) is 15.2. The molecule has 1 aromatic heterocycles. The third-order valence-corrected chi connectivity index (χ3v) is 5.78. The molecule has 1 amide bonds. The summed E-state index contributed by atoms with van der Waals surface area (Å²) in [5.41, 5.74) is 8.35. The molecule has 1 atom stereocenters. The summed E-state index contributed by atoms with van der Waals surface area (Å²) >= 11 is 0. The number of likely N-dealkylation sites (tertiary alicyclic amines) is 1. The standard InChI is InChI=1S/C19H26N6O/c1-13(25-11-6-14-4-2-3-5-16(14)12-25)18(26)24-9-7-15(8-10-24)17-21-19(20)23-22-17/h2-5,13,15H,6-12H2,1H3,(H3,20,21,22,23)/t13-/m0/s1. The van der Waals surface area contributed by atoms with E-state index in [-0.39, 0.29) is 17.9 Å². The first-order valence-corrected chi connectivity index (χ1v) is 9.39. The van der Waals surface area contributed by atoms with Gasteiger partial charge in [-0.2, -0.15) is 4.98 Å². The van der Waals surface area contributed by atoms with E-state index in [0.29, 0.717) is 5.92 Å². The highest BCUT2D eigenvalue weighted by atomic mass is 16.2. The van der Waals surface area contributed by atoms with Crippen molar-refractivity contribution >= 4 is 11.9 Å². The van der Waals surface area contributed by atoms with Crippen molar-refractivity contribution in [3.63, 3.8) is 0 Å². The Labute approximate surface area is 153 Å². The molecule has 0 radical (unpaired) electrons. The van der Waals surface area contributed by atoms with Crippen molar-refractivity contribution in [2.24, 2.45) is 0 Å². The van der Waals surface area contributed by atoms with Crippen LogP contribution in [0.25, 0.3) is 0 Å². The van der Waals surface area contributed by atoms with E-state index in [1.54, 1.807) is 0 Å².